The molecular weight excluding hydrogens is 590 g/mol. The van der Waals surface area contributed by atoms with E-state index in [-0.39, 0.29) is 30.3 Å². The first-order valence-electron chi connectivity index (χ1n) is 15.7. The van der Waals surface area contributed by atoms with Crippen LogP contribution in [0.15, 0.2) is 137 Å². The first kappa shape index (κ1) is 28.7. The Morgan fingerprint density at radius 3 is 2.13 bits per heavy atom. The Balaban J connectivity index is 1.44. The number of aryl methyl sites for hydroxylation is 1. The van der Waals surface area contributed by atoms with Gasteiger partial charge in [-0.15, -0.1) is 0 Å². The number of carbonyl (C=O) groups excluding carboxylic acids is 2. The van der Waals surface area contributed by atoms with Gasteiger partial charge in [-0.25, -0.2) is 23.5 Å². The van der Waals surface area contributed by atoms with Gasteiger partial charge in [-0.2, -0.15) is 0 Å². The van der Waals surface area contributed by atoms with Gasteiger partial charge in [0.1, 0.15) is 5.75 Å². The summed E-state index contributed by atoms with van der Waals surface area (Å²) in [7, 11) is 0. The number of aromatic hydroxyl groups is 1. The average Bonchev–Trinajstić information content (AvgIpc) is 3.37. The van der Waals surface area contributed by atoms with E-state index in [2.05, 4.69) is 0 Å². The molecule has 1 saturated carbocycles. The van der Waals surface area contributed by atoms with Gasteiger partial charge in [0, 0.05) is 23.0 Å². The molecule has 4 atom stereocenters. The summed E-state index contributed by atoms with van der Waals surface area (Å²) in [6, 6.07) is 31.9. The molecule has 4 aromatic carbocycles. The smallest absolute Gasteiger partial charge is 0.352 e. The maximum atomic E-state index is 15.0. The first-order valence-corrected chi connectivity index (χ1v) is 15.7. The molecule has 1 aromatic heterocycles. The Hall–Kier alpha value is -5.76. The highest BCUT2D eigenvalue weighted by molar-refractivity contribution is 6.31. The Morgan fingerprint density at radius 2 is 1.43 bits per heavy atom. The van der Waals surface area contributed by atoms with E-state index >= 15 is 4.79 Å². The van der Waals surface area contributed by atoms with Gasteiger partial charge in [-0.3, -0.25) is 9.59 Å². The number of fused-ring (bicyclic) bond motifs is 4. The van der Waals surface area contributed by atoms with E-state index in [1.807, 2.05) is 78.9 Å². The lowest BCUT2D eigenvalue weighted by Gasteiger charge is -2.54. The minimum Gasteiger partial charge on any atom is -0.507 e. The SMILES string of the molecule is Cc1cccc([C@H]2C3=CCn4c(=O)n(-c5ccccc5)c(=O)n4[C@@H]3C[C@H]3C(=O)C(c4ccccc4)=CC(=O)[C@@]23c2ccccc2)c1O. The van der Waals surface area contributed by atoms with E-state index in [0.717, 1.165) is 10.1 Å². The van der Waals surface area contributed by atoms with Gasteiger partial charge >= 0.3 is 11.4 Å². The Kier molecular flexibility index (Phi) is 6.51. The van der Waals surface area contributed by atoms with Crippen molar-refractivity contribution in [3.63, 3.8) is 0 Å². The van der Waals surface area contributed by atoms with Gasteiger partial charge in [0.2, 0.25) is 0 Å². The number of benzene rings is 4. The highest BCUT2D eigenvalue weighted by Crippen LogP contribution is 2.62. The molecule has 0 bridgehead atoms. The van der Waals surface area contributed by atoms with Crippen molar-refractivity contribution in [1.82, 2.24) is 13.9 Å². The zero-order valence-corrected chi connectivity index (χ0v) is 25.6. The number of rotatable bonds is 4. The second-order valence-corrected chi connectivity index (χ2v) is 12.5. The van der Waals surface area contributed by atoms with Crippen LogP contribution in [-0.4, -0.2) is 30.6 Å². The maximum absolute atomic E-state index is 15.0. The van der Waals surface area contributed by atoms with E-state index in [1.165, 1.54) is 15.4 Å². The fourth-order valence-electron chi connectivity index (χ4n) is 8.19. The molecular formula is C39H31N3O5. The summed E-state index contributed by atoms with van der Waals surface area (Å²) in [5.41, 5.74) is 1.47. The predicted octanol–water partition coefficient (Wildman–Crippen LogP) is 5.27. The number of allylic oxidation sites excluding steroid dienone is 4. The normalized spacial score (nSPS) is 23.3. The Morgan fingerprint density at radius 1 is 0.766 bits per heavy atom. The average molecular weight is 622 g/mol. The van der Waals surface area contributed by atoms with Crippen LogP contribution in [0.2, 0.25) is 0 Å². The third-order valence-electron chi connectivity index (χ3n) is 10.2. The second-order valence-electron chi connectivity index (χ2n) is 12.5. The molecule has 0 radical (unpaired) electrons. The van der Waals surface area contributed by atoms with Gasteiger partial charge in [0.15, 0.2) is 11.6 Å². The molecule has 0 amide bonds. The summed E-state index contributed by atoms with van der Waals surface area (Å²) >= 11 is 0. The molecule has 8 heteroatoms. The minimum atomic E-state index is -1.42. The van der Waals surface area contributed by atoms with E-state index in [4.69, 9.17) is 0 Å². The number of nitrogens with zero attached hydrogens (tertiary/aromatic N) is 3. The van der Waals surface area contributed by atoms with Crippen LogP contribution in [0.5, 0.6) is 5.75 Å². The zero-order chi connectivity index (χ0) is 32.4. The highest BCUT2D eigenvalue weighted by atomic mass is 16.3. The van der Waals surface area contributed by atoms with Crippen molar-refractivity contribution in [1.29, 1.82) is 0 Å². The second kappa shape index (κ2) is 10.7. The molecule has 0 spiro atoms. The van der Waals surface area contributed by atoms with Gasteiger partial charge < -0.3 is 5.11 Å². The molecule has 2 aliphatic carbocycles. The molecule has 232 valence electrons. The van der Waals surface area contributed by atoms with Crippen molar-refractivity contribution < 1.29 is 14.7 Å². The third kappa shape index (κ3) is 4.00. The highest BCUT2D eigenvalue weighted by Gasteiger charge is 2.63. The number of ketones is 2. The van der Waals surface area contributed by atoms with Crippen LogP contribution in [0.25, 0.3) is 11.3 Å². The standard InChI is InChI=1S/C39H31N3O5/c1-24-12-11-19-29(35(24)44)34-28-20-21-40-37(46)41(27-17-9-4-10-18-27)38(47)42(40)32(28)23-31-36(45)30(25-13-5-2-6-14-25)22-33(43)39(31,34)26-15-7-3-8-16-26/h2-20,22,31-32,34,44H,21,23H2,1H3/t31-,32+,34+,39-/m0/s1. The Bertz CT molecular complexity index is 2260. The molecule has 8 rings (SSSR count). The fraction of sp³-hybridized carbons (Fsp3) is 0.179. The van der Waals surface area contributed by atoms with E-state index in [1.54, 1.807) is 43.3 Å². The molecule has 47 heavy (non-hydrogen) atoms. The molecule has 5 aromatic rings. The van der Waals surface area contributed by atoms with Crippen LogP contribution in [0.3, 0.4) is 0 Å². The zero-order valence-electron chi connectivity index (χ0n) is 25.6. The number of phenolic OH excluding ortho intramolecular Hbond substituents is 1. The van der Waals surface area contributed by atoms with Gasteiger partial charge in [-0.05, 0) is 53.8 Å². The van der Waals surface area contributed by atoms with Crippen molar-refractivity contribution in [3.05, 3.63) is 170 Å². The van der Waals surface area contributed by atoms with Crippen molar-refractivity contribution in [3.8, 4) is 11.4 Å². The maximum Gasteiger partial charge on any atom is 0.352 e. The quantitative estimate of drug-likeness (QED) is 0.276. The summed E-state index contributed by atoms with van der Waals surface area (Å²) in [5, 5.41) is 11.7. The van der Waals surface area contributed by atoms with Gasteiger partial charge in [0.05, 0.1) is 23.7 Å². The van der Waals surface area contributed by atoms with Crippen LogP contribution < -0.4 is 11.4 Å². The lowest BCUT2D eigenvalue weighted by molar-refractivity contribution is -0.133. The summed E-state index contributed by atoms with van der Waals surface area (Å²) in [5.74, 6) is -2.16. The van der Waals surface area contributed by atoms with Gasteiger partial charge in [-0.1, -0.05) is 103 Å². The number of para-hydroxylation sites is 2. The molecule has 1 aliphatic heterocycles. The summed E-state index contributed by atoms with van der Waals surface area (Å²) < 4.78 is 4.02. The molecule has 2 heterocycles. The van der Waals surface area contributed by atoms with Crippen molar-refractivity contribution in [2.24, 2.45) is 5.92 Å². The summed E-state index contributed by atoms with van der Waals surface area (Å²) in [6.07, 6.45) is 3.48. The van der Waals surface area contributed by atoms with Crippen LogP contribution in [0, 0.1) is 12.8 Å². The lowest BCUT2D eigenvalue weighted by Crippen LogP contribution is -2.58. The molecule has 8 nitrogen and oxygen atoms in total. The number of phenols is 1. The van der Waals surface area contributed by atoms with E-state index in [0.29, 0.717) is 33.5 Å². The van der Waals surface area contributed by atoms with Crippen molar-refractivity contribution >= 4 is 17.1 Å². The third-order valence-corrected chi connectivity index (χ3v) is 10.2. The summed E-state index contributed by atoms with van der Waals surface area (Å²) in [6.45, 7) is 1.88. The lowest BCUT2D eigenvalue weighted by atomic mass is 9.47. The predicted molar refractivity (Wildman–Crippen MR) is 178 cm³/mol. The molecule has 0 unspecified atom stereocenters. The monoisotopic (exact) mass is 621 g/mol. The van der Waals surface area contributed by atoms with Crippen molar-refractivity contribution in [2.45, 2.75) is 37.3 Å². The largest absolute Gasteiger partial charge is 0.507 e. The summed E-state index contributed by atoms with van der Waals surface area (Å²) in [4.78, 5) is 58.0. The van der Waals surface area contributed by atoms with Crippen LogP contribution in [0.1, 0.15) is 40.6 Å². The number of hydrogen-bond donors (Lipinski definition) is 1. The Labute approximate surface area is 270 Å². The van der Waals surface area contributed by atoms with Crippen LogP contribution >= 0.6 is 0 Å². The number of carbonyl (C=O) groups is 2. The first-order chi connectivity index (χ1) is 22.8. The molecule has 3 aliphatic rings. The van der Waals surface area contributed by atoms with E-state index < -0.39 is 34.7 Å². The van der Waals surface area contributed by atoms with Gasteiger partial charge in [0.25, 0.3) is 0 Å². The fourth-order valence-corrected chi connectivity index (χ4v) is 8.19. The van der Waals surface area contributed by atoms with Crippen LogP contribution in [-0.2, 0) is 21.5 Å². The minimum absolute atomic E-state index is 0.0309. The van der Waals surface area contributed by atoms with Crippen molar-refractivity contribution in [2.75, 3.05) is 0 Å². The molecule has 0 saturated heterocycles. The number of aromatic nitrogens is 3. The topological polar surface area (TPSA) is 103 Å². The molecule has 1 N–H and O–H groups in total. The molecule has 1 fully saturated rings. The van der Waals surface area contributed by atoms with E-state index in [9.17, 15) is 19.5 Å². The van der Waals surface area contributed by atoms with Crippen LogP contribution in [0.4, 0.5) is 0 Å². The number of Topliss-reactive ketones (excluding diaryl/α,β-unsaturated/α-hetero) is 1. The number of hydrogen-bond acceptors (Lipinski definition) is 5.